The number of nitrogens with one attached hydrogen (secondary N) is 2. The second-order valence-electron chi connectivity index (χ2n) is 4.90. The third-order valence-corrected chi connectivity index (χ3v) is 6.11. The van der Waals surface area contributed by atoms with E-state index in [1.165, 1.54) is 30.5 Å². The van der Waals surface area contributed by atoms with E-state index in [4.69, 9.17) is 0 Å². The molecule has 0 spiro atoms. The first-order valence-electron chi connectivity index (χ1n) is 6.70. The van der Waals surface area contributed by atoms with Crippen molar-refractivity contribution in [3.05, 3.63) is 41.3 Å². The lowest BCUT2D eigenvalue weighted by Crippen LogP contribution is -2.22. The molecule has 0 unspecified atom stereocenters. The molecule has 0 aromatic carbocycles. The molecule has 3 rings (SSSR count). The Hall–Kier alpha value is -1.35. The Balaban J connectivity index is 1.61. The van der Waals surface area contributed by atoms with Crippen LogP contribution in [-0.2, 0) is 23.1 Å². The second kappa shape index (κ2) is 6.18. The SMILES string of the molecule is O=S(=O)(NCc1ccncn1)c1ccc(CNC2CC2)s1. The highest BCUT2D eigenvalue weighted by molar-refractivity contribution is 7.91. The van der Waals surface area contributed by atoms with Gasteiger partial charge in [0, 0.05) is 23.7 Å². The first-order chi connectivity index (χ1) is 10.1. The molecule has 1 aliphatic carbocycles. The number of hydrogen-bond acceptors (Lipinski definition) is 6. The summed E-state index contributed by atoms with van der Waals surface area (Å²) >= 11 is 1.30. The number of nitrogens with zero attached hydrogens (tertiary/aromatic N) is 2. The van der Waals surface area contributed by atoms with E-state index < -0.39 is 10.0 Å². The van der Waals surface area contributed by atoms with Crippen molar-refractivity contribution < 1.29 is 8.42 Å². The van der Waals surface area contributed by atoms with Crippen LogP contribution in [0.3, 0.4) is 0 Å². The van der Waals surface area contributed by atoms with E-state index in [9.17, 15) is 8.42 Å². The highest BCUT2D eigenvalue weighted by Gasteiger charge is 2.21. The minimum atomic E-state index is -3.48. The monoisotopic (exact) mass is 324 g/mol. The molecular weight excluding hydrogens is 308 g/mol. The van der Waals surface area contributed by atoms with E-state index in [0.717, 1.165) is 11.4 Å². The molecule has 8 heteroatoms. The van der Waals surface area contributed by atoms with Crippen LogP contribution in [0.4, 0.5) is 0 Å². The van der Waals surface area contributed by atoms with Crippen LogP contribution in [-0.4, -0.2) is 24.4 Å². The van der Waals surface area contributed by atoms with Crippen molar-refractivity contribution in [2.45, 2.75) is 36.2 Å². The standard InChI is InChI=1S/C13H16N4O2S2/c18-21(19,17-7-11-5-6-14-9-16-11)13-4-3-12(20-13)8-15-10-1-2-10/h3-6,9-10,15,17H,1-2,7-8H2. The summed E-state index contributed by atoms with van der Waals surface area (Å²) in [4.78, 5) is 8.82. The average Bonchev–Trinajstić information content (AvgIpc) is 3.20. The summed E-state index contributed by atoms with van der Waals surface area (Å²) in [6.07, 6.45) is 5.42. The number of thiophene rings is 1. The zero-order chi connectivity index (χ0) is 14.7. The summed E-state index contributed by atoms with van der Waals surface area (Å²) in [7, 11) is -3.48. The smallest absolute Gasteiger partial charge is 0.250 e. The van der Waals surface area contributed by atoms with Gasteiger partial charge in [-0.05, 0) is 31.0 Å². The molecule has 1 aliphatic rings. The molecule has 1 fully saturated rings. The largest absolute Gasteiger partial charge is 0.309 e. The van der Waals surface area contributed by atoms with Gasteiger partial charge in [0.2, 0.25) is 10.0 Å². The molecule has 2 N–H and O–H groups in total. The summed E-state index contributed by atoms with van der Waals surface area (Å²) in [5.41, 5.74) is 0.640. The predicted octanol–water partition coefficient (Wildman–Crippen LogP) is 1.27. The third kappa shape index (κ3) is 4.07. The van der Waals surface area contributed by atoms with Gasteiger partial charge in [-0.3, -0.25) is 0 Å². The van der Waals surface area contributed by atoms with E-state index in [-0.39, 0.29) is 6.54 Å². The lowest BCUT2D eigenvalue weighted by atomic mass is 10.4. The summed E-state index contributed by atoms with van der Waals surface area (Å²) in [6.45, 7) is 0.898. The fraction of sp³-hybridized carbons (Fsp3) is 0.385. The van der Waals surface area contributed by atoms with E-state index in [1.54, 1.807) is 18.3 Å². The van der Waals surface area contributed by atoms with Gasteiger partial charge >= 0.3 is 0 Å². The third-order valence-electron chi connectivity index (χ3n) is 3.13. The maximum atomic E-state index is 12.2. The van der Waals surface area contributed by atoms with E-state index in [1.807, 2.05) is 6.07 Å². The van der Waals surface area contributed by atoms with Gasteiger partial charge in [0.1, 0.15) is 10.5 Å². The highest BCUT2D eigenvalue weighted by Crippen LogP contribution is 2.24. The number of rotatable bonds is 7. The molecule has 0 radical (unpaired) electrons. The minimum absolute atomic E-state index is 0.165. The van der Waals surface area contributed by atoms with Crippen molar-refractivity contribution in [3.63, 3.8) is 0 Å². The first kappa shape index (κ1) is 14.6. The molecule has 0 saturated heterocycles. The van der Waals surface area contributed by atoms with Gasteiger partial charge < -0.3 is 5.32 Å². The van der Waals surface area contributed by atoms with Crippen molar-refractivity contribution in [2.24, 2.45) is 0 Å². The van der Waals surface area contributed by atoms with Crippen molar-refractivity contribution in [1.29, 1.82) is 0 Å². The Morgan fingerprint density at radius 3 is 2.81 bits per heavy atom. The Morgan fingerprint density at radius 1 is 1.24 bits per heavy atom. The molecule has 21 heavy (non-hydrogen) atoms. The molecule has 2 aromatic heterocycles. The van der Waals surface area contributed by atoms with Crippen molar-refractivity contribution >= 4 is 21.4 Å². The van der Waals surface area contributed by atoms with Crippen LogP contribution in [0.15, 0.2) is 34.9 Å². The lowest BCUT2D eigenvalue weighted by Gasteiger charge is -2.04. The van der Waals surface area contributed by atoms with Crippen LogP contribution >= 0.6 is 11.3 Å². The summed E-state index contributed by atoms with van der Waals surface area (Å²) in [5, 5.41) is 3.37. The van der Waals surface area contributed by atoms with Crippen molar-refractivity contribution in [3.8, 4) is 0 Å². The van der Waals surface area contributed by atoms with Crippen LogP contribution in [0.5, 0.6) is 0 Å². The molecule has 0 aliphatic heterocycles. The van der Waals surface area contributed by atoms with Gasteiger partial charge in [-0.1, -0.05) is 0 Å². The number of hydrogen-bond donors (Lipinski definition) is 2. The molecule has 0 atom stereocenters. The molecule has 0 amide bonds. The van der Waals surface area contributed by atoms with Crippen LogP contribution in [0.2, 0.25) is 0 Å². The Labute approximate surface area is 127 Å². The highest BCUT2D eigenvalue weighted by atomic mass is 32.2. The van der Waals surface area contributed by atoms with Crippen LogP contribution in [0, 0.1) is 0 Å². The average molecular weight is 324 g/mol. The van der Waals surface area contributed by atoms with Crippen LogP contribution < -0.4 is 10.0 Å². The Kier molecular flexibility index (Phi) is 4.29. The topological polar surface area (TPSA) is 84.0 Å². The predicted molar refractivity (Wildman–Crippen MR) is 80.2 cm³/mol. The molecule has 1 saturated carbocycles. The van der Waals surface area contributed by atoms with Gasteiger partial charge in [-0.2, -0.15) is 0 Å². The fourth-order valence-electron chi connectivity index (χ4n) is 1.79. The van der Waals surface area contributed by atoms with Crippen molar-refractivity contribution in [1.82, 2.24) is 20.0 Å². The van der Waals surface area contributed by atoms with E-state index in [2.05, 4.69) is 20.0 Å². The van der Waals surface area contributed by atoms with Crippen LogP contribution in [0.25, 0.3) is 0 Å². The van der Waals surface area contributed by atoms with Crippen LogP contribution in [0.1, 0.15) is 23.4 Å². The van der Waals surface area contributed by atoms with E-state index in [0.29, 0.717) is 15.9 Å². The van der Waals surface area contributed by atoms with Crippen molar-refractivity contribution in [2.75, 3.05) is 0 Å². The van der Waals surface area contributed by atoms with Gasteiger partial charge in [0.25, 0.3) is 0 Å². The zero-order valence-electron chi connectivity index (χ0n) is 11.3. The Morgan fingerprint density at radius 2 is 2.10 bits per heavy atom. The van der Waals surface area contributed by atoms with Gasteiger partial charge in [-0.25, -0.2) is 23.1 Å². The molecule has 2 aromatic rings. The fourth-order valence-corrected chi connectivity index (χ4v) is 4.14. The summed E-state index contributed by atoms with van der Waals surface area (Å²) in [5.74, 6) is 0. The van der Waals surface area contributed by atoms with Gasteiger partial charge in [0.15, 0.2) is 0 Å². The summed E-state index contributed by atoms with van der Waals surface area (Å²) in [6, 6.07) is 5.81. The zero-order valence-corrected chi connectivity index (χ0v) is 13.0. The van der Waals surface area contributed by atoms with Gasteiger partial charge in [0.05, 0.1) is 12.2 Å². The molecule has 6 nitrogen and oxygen atoms in total. The quantitative estimate of drug-likeness (QED) is 0.801. The van der Waals surface area contributed by atoms with Gasteiger partial charge in [-0.15, -0.1) is 11.3 Å². The molecule has 2 heterocycles. The number of aromatic nitrogens is 2. The van der Waals surface area contributed by atoms with E-state index >= 15 is 0 Å². The molecule has 0 bridgehead atoms. The summed E-state index contributed by atoms with van der Waals surface area (Å²) < 4.78 is 27.3. The second-order valence-corrected chi connectivity index (χ2v) is 8.06. The minimum Gasteiger partial charge on any atom is -0.309 e. The normalized spacial score (nSPS) is 15.2. The number of sulfonamides is 1. The first-order valence-corrected chi connectivity index (χ1v) is 9.00. The maximum absolute atomic E-state index is 12.2. The molecular formula is C13H16N4O2S2. The Bertz CT molecular complexity index is 696. The molecule has 112 valence electrons. The lowest BCUT2D eigenvalue weighted by molar-refractivity contribution is 0.582. The maximum Gasteiger partial charge on any atom is 0.250 e.